The van der Waals surface area contributed by atoms with Gasteiger partial charge in [-0.15, -0.1) is 0 Å². The number of hydrogen-bond acceptors (Lipinski definition) is 3. The van der Waals surface area contributed by atoms with E-state index >= 15 is 0 Å². The number of benzene rings is 2. The number of rotatable bonds is 3. The summed E-state index contributed by atoms with van der Waals surface area (Å²) in [6.45, 7) is 3.97. The van der Waals surface area contributed by atoms with Crippen molar-refractivity contribution in [1.29, 1.82) is 0 Å². The molecule has 5 nitrogen and oxygen atoms in total. The molecule has 132 valence electrons. The minimum Gasteiger partial charge on any atom is -0.274 e. The first kappa shape index (κ1) is 16.5. The van der Waals surface area contributed by atoms with Crippen molar-refractivity contribution in [1.82, 2.24) is 14.8 Å². The largest absolute Gasteiger partial charge is 0.274 e. The molecule has 26 heavy (non-hydrogen) atoms. The molecule has 1 aliphatic rings. The van der Waals surface area contributed by atoms with Crippen molar-refractivity contribution in [3.05, 3.63) is 77.6 Å². The highest BCUT2D eigenvalue weighted by Crippen LogP contribution is 2.41. The van der Waals surface area contributed by atoms with Crippen molar-refractivity contribution >= 4 is 11.9 Å². The summed E-state index contributed by atoms with van der Waals surface area (Å²) in [4.78, 5) is 19.0. The molecule has 2 atom stereocenters. The molecule has 0 saturated heterocycles. The van der Waals surface area contributed by atoms with Gasteiger partial charge in [0.05, 0.1) is 12.1 Å². The molecule has 3 aromatic rings. The molecule has 0 aliphatic carbocycles. The lowest BCUT2D eigenvalue weighted by atomic mass is 9.91. The summed E-state index contributed by atoms with van der Waals surface area (Å²) < 4.78 is 1.89. The first-order valence-corrected chi connectivity index (χ1v) is 9.02. The number of aromatic nitrogens is 3. The molecule has 0 N–H and O–H groups in total. The number of carbonyl (C=O) groups is 1. The molecule has 0 unspecified atom stereocenters. The van der Waals surface area contributed by atoms with Gasteiger partial charge in [-0.25, -0.2) is 4.68 Å². The molecule has 0 fully saturated rings. The van der Waals surface area contributed by atoms with Crippen molar-refractivity contribution in [3.63, 3.8) is 0 Å². The predicted octanol–water partition coefficient (Wildman–Crippen LogP) is 4.06. The van der Waals surface area contributed by atoms with Crippen LogP contribution >= 0.6 is 0 Å². The smallest absolute Gasteiger partial charge is 0.231 e. The van der Waals surface area contributed by atoms with Crippen molar-refractivity contribution in [2.24, 2.45) is 0 Å². The summed E-state index contributed by atoms with van der Waals surface area (Å²) in [6.07, 6.45) is 2.75. The quantitative estimate of drug-likeness (QED) is 0.718. The first-order chi connectivity index (χ1) is 12.7. The second-order valence-electron chi connectivity index (χ2n) is 6.71. The molecule has 2 aromatic carbocycles. The van der Waals surface area contributed by atoms with Gasteiger partial charge in [-0.2, -0.15) is 10.1 Å². The Morgan fingerprint density at radius 2 is 1.73 bits per heavy atom. The van der Waals surface area contributed by atoms with Crippen molar-refractivity contribution in [3.8, 4) is 0 Å². The molecule has 1 aromatic heterocycles. The van der Waals surface area contributed by atoms with E-state index in [-0.39, 0.29) is 18.0 Å². The number of nitrogens with zero attached hydrogens (tertiary/aromatic N) is 4. The van der Waals surface area contributed by atoms with E-state index in [1.165, 1.54) is 11.1 Å². The maximum absolute atomic E-state index is 12.7. The van der Waals surface area contributed by atoms with Crippen LogP contribution in [-0.2, 0) is 4.79 Å². The van der Waals surface area contributed by atoms with E-state index in [1.54, 1.807) is 6.33 Å². The van der Waals surface area contributed by atoms with Gasteiger partial charge >= 0.3 is 0 Å². The van der Waals surface area contributed by atoms with Gasteiger partial charge in [0.1, 0.15) is 6.33 Å². The number of hydrogen-bond donors (Lipinski definition) is 0. The van der Waals surface area contributed by atoms with Gasteiger partial charge in [0, 0.05) is 6.42 Å². The SMILES string of the molecule is CCC(=O)N1c2ncnn2[C@H](c2ccc(C)cc2)C[C@H]1c1ccccc1. The van der Waals surface area contributed by atoms with Gasteiger partial charge in [0.15, 0.2) is 0 Å². The lowest BCUT2D eigenvalue weighted by molar-refractivity contribution is -0.119. The Hall–Kier alpha value is -2.95. The predicted molar refractivity (Wildman–Crippen MR) is 101 cm³/mol. The highest BCUT2D eigenvalue weighted by atomic mass is 16.2. The van der Waals surface area contributed by atoms with Gasteiger partial charge in [0.2, 0.25) is 11.9 Å². The highest BCUT2D eigenvalue weighted by molar-refractivity contribution is 5.92. The topological polar surface area (TPSA) is 51.0 Å². The maximum Gasteiger partial charge on any atom is 0.231 e. The van der Waals surface area contributed by atoms with E-state index in [9.17, 15) is 4.79 Å². The van der Waals surface area contributed by atoms with Crippen LogP contribution in [0.1, 0.15) is 48.5 Å². The van der Waals surface area contributed by atoms with Crippen LogP contribution in [0.4, 0.5) is 5.95 Å². The Morgan fingerprint density at radius 3 is 2.42 bits per heavy atom. The Balaban J connectivity index is 1.83. The van der Waals surface area contributed by atoms with Crippen LogP contribution in [0.15, 0.2) is 60.9 Å². The summed E-state index contributed by atoms with van der Waals surface area (Å²) in [5, 5.41) is 4.44. The molecular weight excluding hydrogens is 324 g/mol. The van der Waals surface area contributed by atoms with E-state index in [4.69, 9.17) is 0 Å². The zero-order chi connectivity index (χ0) is 18.1. The molecule has 4 rings (SSSR count). The van der Waals surface area contributed by atoms with Crippen molar-refractivity contribution in [2.75, 3.05) is 4.90 Å². The van der Waals surface area contributed by atoms with Crippen LogP contribution in [0.2, 0.25) is 0 Å². The van der Waals surface area contributed by atoms with Crippen molar-refractivity contribution in [2.45, 2.75) is 38.8 Å². The lowest BCUT2D eigenvalue weighted by Crippen LogP contribution is -2.42. The molecule has 0 saturated carbocycles. The molecule has 0 bridgehead atoms. The summed E-state index contributed by atoms with van der Waals surface area (Å²) >= 11 is 0. The molecule has 0 spiro atoms. The Labute approximate surface area is 153 Å². The van der Waals surface area contributed by atoms with Crippen LogP contribution in [0.3, 0.4) is 0 Å². The average molecular weight is 346 g/mol. The average Bonchev–Trinajstić information content (AvgIpc) is 3.17. The van der Waals surface area contributed by atoms with E-state index in [1.807, 2.05) is 34.7 Å². The van der Waals surface area contributed by atoms with Gasteiger partial charge in [0.25, 0.3) is 0 Å². The fraction of sp³-hybridized carbons (Fsp3) is 0.286. The summed E-state index contributed by atoms with van der Waals surface area (Å²) in [7, 11) is 0. The Kier molecular flexibility index (Phi) is 4.29. The van der Waals surface area contributed by atoms with E-state index in [0.717, 1.165) is 12.0 Å². The molecule has 0 radical (unpaired) electrons. The molecule has 2 heterocycles. The van der Waals surface area contributed by atoms with E-state index in [2.05, 4.69) is 53.4 Å². The third-order valence-corrected chi connectivity index (χ3v) is 5.04. The lowest BCUT2D eigenvalue weighted by Gasteiger charge is -2.39. The second-order valence-corrected chi connectivity index (χ2v) is 6.71. The Morgan fingerprint density at radius 1 is 1.04 bits per heavy atom. The van der Waals surface area contributed by atoms with Crippen LogP contribution in [0.5, 0.6) is 0 Å². The maximum atomic E-state index is 12.7. The zero-order valence-electron chi connectivity index (χ0n) is 15.0. The van der Waals surface area contributed by atoms with Crippen molar-refractivity contribution < 1.29 is 4.79 Å². The summed E-state index contributed by atoms with van der Waals surface area (Å²) in [6, 6.07) is 18.7. The van der Waals surface area contributed by atoms with Crippen LogP contribution in [0, 0.1) is 6.92 Å². The number of amides is 1. The normalized spacial score (nSPS) is 19.2. The minimum absolute atomic E-state index is 0.0494. The summed E-state index contributed by atoms with van der Waals surface area (Å²) in [5.41, 5.74) is 3.54. The van der Waals surface area contributed by atoms with Crippen LogP contribution in [0.25, 0.3) is 0 Å². The van der Waals surface area contributed by atoms with E-state index in [0.29, 0.717) is 12.4 Å². The number of fused-ring (bicyclic) bond motifs is 1. The van der Waals surface area contributed by atoms with Crippen LogP contribution in [-0.4, -0.2) is 20.7 Å². The van der Waals surface area contributed by atoms with Gasteiger partial charge in [-0.1, -0.05) is 67.1 Å². The number of anilines is 1. The molecule has 1 amide bonds. The second kappa shape index (κ2) is 6.75. The van der Waals surface area contributed by atoms with Gasteiger partial charge in [-0.05, 0) is 24.5 Å². The minimum atomic E-state index is -0.0494. The molecular formula is C21H22N4O. The third-order valence-electron chi connectivity index (χ3n) is 5.04. The number of aryl methyl sites for hydroxylation is 1. The Bertz CT molecular complexity index is 901. The number of carbonyl (C=O) groups excluding carboxylic acids is 1. The zero-order valence-corrected chi connectivity index (χ0v) is 15.0. The fourth-order valence-electron chi connectivity index (χ4n) is 3.67. The highest BCUT2D eigenvalue weighted by Gasteiger charge is 2.38. The molecule has 1 aliphatic heterocycles. The van der Waals surface area contributed by atoms with Crippen LogP contribution < -0.4 is 4.90 Å². The van der Waals surface area contributed by atoms with Gasteiger partial charge in [-0.3, -0.25) is 9.69 Å². The fourth-order valence-corrected chi connectivity index (χ4v) is 3.67. The standard InChI is InChI=1S/C21H22N4O/c1-3-20(26)24-18(16-7-5-4-6-8-16)13-19(25-21(24)22-14-23-25)17-11-9-15(2)10-12-17/h4-12,14,18-19H,3,13H2,1-2H3/t18-,19-/m0/s1. The monoisotopic (exact) mass is 346 g/mol. The summed E-state index contributed by atoms with van der Waals surface area (Å²) in [5.74, 6) is 0.693. The third kappa shape index (κ3) is 2.79. The van der Waals surface area contributed by atoms with E-state index < -0.39 is 0 Å². The first-order valence-electron chi connectivity index (χ1n) is 9.02. The van der Waals surface area contributed by atoms with Gasteiger partial charge < -0.3 is 0 Å². The molecule has 5 heteroatoms.